The molecule has 0 aromatic heterocycles. The topological polar surface area (TPSA) is 73.6 Å². The van der Waals surface area contributed by atoms with Gasteiger partial charge in [0.05, 0.1) is 18.2 Å². The molecule has 35 heavy (non-hydrogen) atoms. The Morgan fingerprint density at radius 2 is 2.00 bits per heavy atom. The van der Waals surface area contributed by atoms with Crippen molar-refractivity contribution in [1.82, 2.24) is 5.32 Å². The summed E-state index contributed by atoms with van der Waals surface area (Å²) in [4.78, 5) is 11.8. The molecule has 5 nitrogen and oxygen atoms in total. The molecule has 6 rings (SSSR count). The molecule has 11 atom stereocenters. The Labute approximate surface area is 212 Å². The molecule has 0 bridgehead atoms. The van der Waals surface area contributed by atoms with Gasteiger partial charge in [-0.3, -0.25) is 4.79 Å². The molecule has 1 unspecified atom stereocenters. The van der Waals surface area contributed by atoms with Gasteiger partial charge in [-0.15, -0.1) is 0 Å². The highest BCUT2D eigenvalue weighted by molar-refractivity contribution is 5.71. The third kappa shape index (κ3) is 3.85. The van der Waals surface area contributed by atoms with Gasteiger partial charge in [0.1, 0.15) is 6.10 Å². The number of nitrogens with one attached hydrogen (secondary N) is 1. The molecule has 3 N–H and O–H groups in total. The van der Waals surface area contributed by atoms with Crippen LogP contribution in [0.5, 0.6) is 0 Å². The molecule has 5 fully saturated rings. The largest absolute Gasteiger partial charge is 0.461 e. The monoisotopic (exact) mass is 484 g/mol. The summed E-state index contributed by atoms with van der Waals surface area (Å²) in [5.74, 6) is 4.13. The highest BCUT2D eigenvalue weighted by Gasteiger charge is 2.59. The number of piperidine rings is 1. The number of ether oxygens (including phenoxy) is 2. The number of rotatable bonds is 2. The van der Waals surface area contributed by atoms with Crippen LogP contribution in [0.2, 0.25) is 0 Å². The van der Waals surface area contributed by atoms with Gasteiger partial charge in [-0.05, 0) is 113 Å². The molecule has 0 aromatic carbocycles. The molecule has 1 spiro atoms. The van der Waals surface area contributed by atoms with Crippen molar-refractivity contribution in [3.8, 4) is 0 Å². The second kappa shape index (κ2) is 8.84. The molecular formula is C30H48N2O3. The van der Waals surface area contributed by atoms with Gasteiger partial charge in [0.25, 0.3) is 0 Å². The van der Waals surface area contributed by atoms with Crippen LogP contribution in [-0.2, 0) is 14.3 Å². The lowest BCUT2D eigenvalue weighted by Gasteiger charge is -2.54. The first-order valence-corrected chi connectivity index (χ1v) is 14.7. The van der Waals surface area contributed by atoms with Crippen molar-refractivity contribution >= 4 is 5.97 Å². The second-order valence-corrected chi connectivity index (χ2v) is 13.8. The average Bonchev–Trinajstić information content (AvgIpc) is 3.29. The fraction of sp³-hybridized carbons (Fsp3) is 0.900. The van der Waals surface area contributed by atoms with Crippen molar-refractivity contribution in [1.29, 1.82) is 0 Å². The van der Waals surface area contributed by atoms with Crippen LogP contribution < -0.4 is 11.1 Å². The number of hydrogen-bond donors (Lipinski definition) is 2. The number of hydrogen-bond acceptors (Lipinski definition) is 5. The first-order chi connectivity index (χ1) is 16.7. The lowest BCUT2D eigenvalue weighted by molar-refractivity contribution is -0.155. The molecule has 0 radical (unpaired) electrons. The Morgan fingerprint density at radius 3 is 2.80 bits per heavy atom. The molecule has 2 saturated heterocycles. The fourth-order valence-electron chi connectivity index (χ4n) is 10.1. The lowest BCUT2D eigenvalue weighted by atomic mass is 9.52. The zero-order valence-corrected chi connectivity index (χ0v) is 22.5. The van der Waals surface area contributed by atoms with Crippen molar-refractivity contribution in [2.75, 3.05) is 13.1 Å². The predicted octanol–water partition coefficient (Wildman–Crippen LogP) is 4.98. The van der Waals surface area contributed by atoms with Gasteiger partial charge in [-0.1, -0.05) is 31.9 Å². The van der Waals surface area contributed by atoms with E-state index in [9.17, 15) is 4.79 Å². The minimum atomic E-state index is -0.238. The summed E-state index contributed by atoms with van der Waals surface area (Å²) in [6, 6.07) is 0.535. The summed E-state index contributed by atoms with van der Waals surface area (Å²) in [5, 5.41) is 3.86. The van der Waals surface area contributed by atoms with Crippen LogP contribution in [0.1, 0.15) is 91.9 Å². The zero-order valence-electron chi connectivity index (χ0n) is 22.5. The van der Waals surface area contributed by atoms with E-state index >= 15 is 0 Å². The van der Waals surface area contributed by atoms with Gasteiger partial charge in [0, 0.05) is 12.0 Å². The maximum absolute atomic E-state index is 11.8. The van der Waals surface area contributed by atoms with Crippen LogP contribution >= 0.6 is 0 Å². The van der Waals surface area contributed by atoms with E-state index in [1.54, 1.807) is 5.57 Å². The minimum Gasteiger partial charge on any atom is -0.461 e. The molecule has 5 heteroatoms. The quantitative estimate of drug-likeness (QED) is 0.427. The summed E-state index contributed by atoms with van der Waals surface area (Å²) in [5.41, 5.74) is 9.40. The molecule has 0 aromatic rings. The smallest absolute Gasteiger partial charge is 0.319 e. The van der Waals surface area contributed by atoms with Crippen LogP contribution in [0.15, 0.2) is 11.1 Å². The Morgan fingerprint density at radius 1 is 1.17 bits per heavy atom. The zero-order chi connectivity index (χ0) is 24.5. The summed E-state index contributed by atoms with van der Waals surface area (Å²) in [6.07, 6.45) is 12.5. The average molecular weight is 485 g/mol. The number of carbonyl (C=O) groups excluding carboxylic acids is 1. The maximum Gasteiger partial charge on any atom is 0.319 e. The normalized spacial score (nSPS) is 51.3. The fourth-order valence-corrected chi connectivity index (χ4v) is 10.1. The van der Waals surface area contributed by atoms with Crippen LogP contribution in [0.4, 0.5) is 0 Å². The third-order valence-corrected chi connectivity index (χ3v) is 12.0. The number of carbonyl (C=O) groups is 1. The van der Waals surface area contributed by atoms with E-state index in [-0.39, 0.29) is 24.2 Å². The van der Waals surface area contributed by atoms with E-state index < -0.39 is 0 Å². The molecular weight excluding hydrogens is 436 g/mol. The van der Waals surface area contributed by atoms with Gasteiger partial charge < -0.3 is 20.5 Å². The highest BCUT2D eigenvalue weighted by Crippen LogP contribution is 2.65. The number of esters is 1. The van der Waals surface area contributed by atoms with Crippen molar-refractivity contribution in [3.05, 3.63) is 11.1 Å². The Balaban J connectivity index is 1.21. The van der Waals surface area contributed by atoms with Gasteiger partial charge in [0.15, 0.2) is 0 Å². The predicted molar refractivity (Wildman–Crippen MR) is 138 cm³/mol. The molecule has 2 heterocycles. The Hall–Kier alpha value is -0.910. The molecule has 3 saturated carbocycles. The summed E-state index contributed by atoms with van der Waals surface area (Å²) in [7, 11) is 0. The summed E-state index contributed by atoms with van der Waals surface area (Å²) in [6.45, 7) is 11.0. The lowest BCUT2D eigenvalue weighted by Crippen LogP contribution is -2.49. The first-order valence-electron chi connectivity index (χ1n) is 14.7. The van der Waals surface area contributed by atoms with E-state index in [2.05, 4.69) is 33.0 Å². The highest BCUT2D eigenvalue weighted by atomic mass is 16.5. The van der Waals surface area contributed by atoms with E-state index in [1.807, 2.05) is 5.57 Å². The van der Waals surface area contributed by atoms with Gasteiger partial charge in [-0.2, -0.15) is 0 Å². The minimum absolute atomic E-state index is 0.00134. The maximum atomic E-state index is 11.8. The number of nitrogens with two attached hydrogens (primary N) is 1. The Kier molecular flexibility index (Phi) is 6.17. The van der Waals surface area contributed by atoms with Gasteiger partial charge >= 0.3 is 5.97 Å². The van der Waals surface area contributed by atoms with Crippen LogP contribution in [0.25, 0.3) is 0 Å². The van der Waals surface area contributed by atoms with E-state index in [4.69, 9.17) is 15.2 Å². The van der Waals surface area contributed by atoms with E-state index in [1.165, 1.54) is 44.9 Å². The number of fused-ring (bicyclic) bond motifs is 6. The van der Waals surface area contributed by atoms with Crippen molar-refractivity contribution < 1.29 is 14.3 Å². The second-order valence-electron chi connectivity index (χ2n) is 13.8. The van der Waals surface area contributed by atoms with E-state index in [0.29, 0.717) is 35.3 Å². The SMILES string of the molecule is CC1=C2C[C@H]3C(CC[C@@H]4C[C@H](OC(=O)CN)CC[C@@]43C)[C@@H]2CC[C@@]2(C1)O[C@@H]1C[C@H](C)CN[C@H]1[C@H]2C. The van der Waals surface area contributed by atoms with Crippen molar-refractivity contribution in [3.63, 3.8) is 0 Å². The third-order valence-electron chi connectivity index (χ3n) is 12.0. The van der Waals surface area contributed by atoms with Crippen LogP contribution in [0, 0.1) is 40.9 Å². The summed E-state index contributed by atoms with van der Waals surface area (Å²) < 4.78 is 12.7. The van der Waals surface area contributed by atoms with Crippen molar-refractivity contribution in [2.24, 2.45) is 46.7 Å². The molecule has 4 aliphatic carbocycles. The molecule has 196 valence electrons. The van der Waals surface area contributed by atoms with Gasteiger partial charge in [0.2, 0.25) is 0 Å². The Bertz CT molecular complexity index is 887. The number of allylic oxidation sites excluding steroid dienone is 1. The molecule has 0 amide bonds. The van der Waals surface area contributed by atoms with Crippen LogP contribution in [-0.4, -0.2) is 42.9 Å². The molecule has 2 aliphatic heterocycles. The summed E-state index contributed by atoms with van der Waals surface area (Å²) >= 11 is 0. The van der Waals surface area contributed by atoms with Gasteiger partial charge in [-0.25, -0.2) is 0 Å². The standard InChI is InChI=1S/C30H48N2O3/c1-17-11-26-28(32-16-17)19(3)30(35-26)10-8-22-23-6-5-20-12-21(34-27(33)15-31)7-9-29(20,4)25(23)13-24(22)18(2)14-30/h17,19-23,25-26,28,32H,5-16,31H2,1-4H3/t17-,19+,20+,21+,22-,23?,25-,26+,28-,29-,30-/m0/s1. The van der Waals surface area contributed by atoms with Crippen molar-refractivity contribution in [2.45, 2.75) is 116 Å². The molecule has 6 aliphatic rings. The first kappa shape index (κ1) is 24.4. The van der Waals surface area contributed by atoms with Crippen LogP contribution in [0.3, 0.4) is 0 Å². The van der Waals surface area contributed by atoms with E-state index in [0.717, 1.165) is 43.6 Å².